The largest absolute Gasteiger partial charge is 0.341 e. The Morgan fingerprint density at radius 2 is 1.85 bits per heavy atom. The molecule has 140 valence electrons. The molecule has 27 heavy (non-hydrogen) atoms. The number of rotatable bonds is 3. The van der Waals surface area contributed by atoms with E-state index in [0.717, 1.165) is 36.5 Å². The van der Waals surface area contributed by atoms with Gasteiger partial charge in [0.1, 0.15) is 5.82 Å². The van der Waals surface area contributed by atoms with Crippen LogP contribution in [0.4, 0.5) is 10.5 Å². The molecule has 6 nitrogen and oxygen atoms in total. The number of urea groups is 1. The van der Waals surface area contributed by atoms with Crippen molar-refractivity contribution in [2.24, 2.45) is 0 Å². The minimum Gasteiger partial charge on any atom is -0.341 e. The van der Waals surface area contributed by atoms with Crippen molar-refractivity contribution in [1.29, 1.82) is 0 Å². The number of hydrogen-bond donors (Lipinski definition) is 2. The van der Waals surface area contributed by atoms with Crippen molar-refractivity contribution in [3.05, 3.63) is 58.3 Å². The highest BCUT2D eigenvalue weighted by Gasteiger charge is 2.22. The SMILES string of the molecule is O=C(Nc1ccc(Cl)c(Cl)c1)N1CCN(Cc2nc3ccccc3[nH]2)CC1. The summed E-state index contributed by atoms with van der Waals surface area (Å²) in [6.07, 6.45) is 0. The molecule has 0 radical (unpaired) electrons. The lowest BCUT2D eigenvalue weighted by Gasteiger charge is -2.34. The van der Waals surface area contributed by atoms with Gasteiger partial charge in [-0.05, 0) is 30.3 Å². The fourth-order valence-electron chi connectivity index (χ4n) is 3.18. The molecular formula is C19H19Cl2N5O. The van der Waals surface area contributed by atoms with E-state index >= 15 is 0 Å². The van der Waals surface area contributed by atoms with E-state index in [1.165, 1.54) is 0 Å². The predicted molar refractivity (Wildman–Crippen MR) is 108 cm³/mol. The van der Waals surface area contributed by atoms with E-state index in [-0.39, 0.29) is 6.03 Å². The fraction of sp³-hybridized carbons (Fsp3) is 0.263. The molecule has 1 fully saturated rings. The second kappa shape index (κ2) is 7.76. The summed E-state index contributed by atoms with van der Waals surface area (Å²) < 4.78 is 0. The molecule has 8 heteroatoms. The van der Waals surface area contributed by atoms with Crippen LogP contribution in [0.15, 0.2) is 42.5 Å². The summed E-state index contributed by atoms with van der Waals surface area (Å²) in [5.74, 6) is 0.949. The number of nitrogens with one attached hydrogen (secondary N) is 2. The first kappa shape index (κ1) is 18.1. The van der Waals surface area contributed by atoms with Crippen LogP contribution in [-0.2, 0) is 6.54 Å². The maximum Gasteiger partial charge on any atom is 0.321 e. The molecule has 1 saturated heterocycles. The minimum absolute atomic E-state index is 0.128. The Balaban J connectivity index is 1.31. The smallest absolute Gasteiger partial charge is 0.321 e. The van der Waals surface area contributed by atoms with Crippen molar-refractivity contribution in [3.63, 3.8) is 0 Å². The zero-order valence-electron chi connectivity index (χ0n) is 14.6. The molecule has 2 amide bonds. The Kier molecular flexibility index (Phi) is 5.20. The molecule has 0 bridgehead atoms. The molecule has 0 unspecified atom stereocenters. The van der Waals surface area contributed by atoms with Gasteiger partial charge in [-0.1, -0.05) is 35.3 Å². The molecule has 1 aliphatic heterocycles. The predicted octanol–water partition coefficient (Wildman–Crippen LogP) is 4.22. The number of anilines is 1. The zero-order chi connectivity index (χ0) is 18.8. The molecule has 1 aliphatic rings. The first-order valence-electron chi connectivity index (χ1n) is 8.75. The number of aromatic nitrogens is 2. The van der Waals surface area contributed by atoms with Crippen LogP contribution in [0, 0.1) is 0 Å². The van der Waals surface area contributed by atoms with Gasteiger partial charge in [-0.25, -0.2) is 9.78 Å². The number of amides is 2. The summed E-state index contributed by atoms with van der Waals surface area (Å²) in [5, 5.41) is 3.76. The third kappa shape index (κ3) is 4.18. The van der Waals surface area contributed by atoms with Gasteiger partial charge in [0, 0.05) is 31.9 Å². The van der Waals surface area contributed by atoms with Crippen LogP contribution in [0.3, 0.4) is 0 Å². The Bertz CT molecular complexity index is 933. The average molecular weight is 404 g/mol. The molecule has 0 atom stereocenters. The number of piperazine rings is 1. The summed E-state index contributed by atoms with van der Waals surface area (Å²) in [4.78, 5) is 24.5. The molecule has 2 heterocycles. The lowest BCUT2D eigenvalue weighted by atomic mass is 10.3. The summed E-state index contributed by atoms with van der Waals surface area (Å²) in [6, 6.07) is 12.9. The molecule has 2 aromatic carbocycles. The van der Waals surface area contributed by atoms with Crippen LogP contribution >= 0.6 is 23.2 Å². The van der Waals surface area contributed by atoms with Gasteiger partial charge < -0.3 is 15.2 Å². The molecule has 1 aromatic heterocycles. The minimum atomic E-state index is -0.128. The van der Waals surface area contributed by atoms with Gasteiger partial charge in [0.15, 0.2) is 0 Å². The normalized spacial score (nSPS) is 15.3. The van der Waals surface area contributed by atoms with Crippen molar-refractivity contribution in [2.45, 2.75) is 6.54 Å². The topological polar surface area (TPSA) is 64.3 Å². The van der Waals surface area contributed by atoms with Crippen LogP contribution in [0.25, 0.3) is 11.0 Å². The van der Waals surface area contributed by atoms with Crippen LogP contribution in [0.2, 0.25) is 10.0 Å². The lowest BCUT2D eigenvalue weighted by molar-refractivity contribution is 0.141. The van der Waals surface area contributed by atoms with E-state index in [2.05, 4.69) is 20.2 Å². The number of aromatic amines is 1. The van der Waals surface area contributed by atoms with Crippen LogP contribution in [-0.4, -0.2) is 52.0 Å². The number of para-hydroxylation sites is 2. The molecule has 2 N–H and O–H groups in total. The van der Waals surface area contributed by atoms with E-state index in [4.69, 9.17) is 23.2 Å². The number of fused-ring (bicyclic) bond motifs is 1. The molecule has 0 aliphatic carbocycles. The Hall–Kier alpha value is -2.28. The number of benzene rings is 2. The van der Waals surface area contributed by atoms with Crippen molar-refractivity contribution >= 4 is 46.0 Å². The summed E-state index contributed by atoms with van der Waals surface area (Å²) in [6.45, 7) is 3.66. The molecule has 0 spiro atoms. The lowest BCUT2D eigenvalue weighted by Crippen LogP contribution is -2.49. The number of carbonyl (C=O) groups excluding carboxylic acids is 1. The highest BCUT2D eigenvalue weighted by molar-refractivity contribution is 6.42. The zero-order valence-corrected chi connectivity index (χ0v) is 16.1. The van der Waals surface area contributed by atoms with E-state index in [0.29, 0.717) is 28.8 Å². The number of H-pyrrole nitrogens is 1. The monoisotopic (exact) mass is 403 g/mol. The van der Waals surface area contributed by atoms with Crippen molar-refractivity contribution in [1.82, 2.24) is 19.8 Å². The number of carbonyl (C=O) groups is 1. The molecule has 3 aromatic rings. The van der Waals surface area contributed by atoms with E-state index in [9.17, 15) is 4.79 Å². The van der Waals surface area contributed by atoms with Gasteiger partial charge >= 0.3 is 6.03 Å². The Morgan fingerprint density at radius 3 is 2.59 bits per heavy atom. The second-order valence-electron chi connectivity index (χ2n) is 6.52. The average Bonchev–Trinajstić information content (AvgIpc) is 3.07. The summed E-state index contributed by atoms with van der Waals surface area (Å²) in [5.41, 5.74) is 2.67. The maximum absolute atomic E-state index is 12.4. The van der Waals surface area contributed by atoms with Gasteiger partial charge in [-0.2, -0.15) is 0 Å². The summed E-state index contributed by atoms with van der Waals surface area (Å²) in [7, 11) is 0. The van der Waals surface area contributed by atoms with Gasteiger partial charge in [0.25, 0.3) is 0 Å². The van der Waals surface area contributed by atoms with Gasteiger partial charge in [0.05, 0.1) is 27.6 Å². The van der Waals surface area contributed by atoms with Crippen LogP contribution < -0.4 is 5.32 Å². The third-order valence-electron chi connectivity index (χ3n) is 4.64. The Labute approximate surface area is 167 Å². The van der Waals surface area contributed by atoms with Gasteiger partial charge in [-0.15, -0.1) is 0 Å². The molecular weight excluding hydrogens is 385 g/mol. The number of imidazole rings is 1. The van der Waals surface area contributed by atoms with Gasteiger partial charge in [0.2, 0.25) is 0 Å². The van der Waals surface area contributed by atoms with E-state index in [1.54, 1.807) is 23.1 Å². The maximum atomic E-state index is 12.4. The van der Waals surface area contributed by atoms with Gasteiger partial charge in [-0.3, -0.25) is 4.90 Å². The highest BCUT2D eigenvalue weighted by atomic mass is 35.5. The van der Waals surface area contributed by atoms with Crippen molar-refractivity contribution < 1.29 is 4.79 Å². The van der Waals surface area contributed by atoms with E-state index < -0.39 is 0 Å². The van der Waals surface area contributed by atoms with Crippen LogP contribution in [0.1, 0.15) is 5.82 Å². The molecule has 4 rings (SSSR count). The first-order chi connectivity index (χ1) is 13.1. The fourth-order valence-corrected chi connectivity index (χ4v) is 3.48. The highest BCUT2D eigenvalue weighted by Crippen LogP contribution is 2.25. The van der Waals surface area contributed by atoms with Crippen molar-refractivity contribution in [2.75, 3.05) is 31.5 Å². The second-order valence-corrected chi connectivity index (χ2v) is 7.34. The number of nitrogens with zero attached hydrogens (tertiary/aromatic N) is 3. The van der Waals surface area contributed by atoms with E-state index in [1.807, 2.05) is 24.3 Å². The first-order valence-corrected chi connectivity index (χ1v) is 9.51. The number of hydrogen-bond acceptors (Lipinski definition) is 3. The standard InChI is InChI=1S/C19H19Cl2N5O/c20-14-6-5-13(11-15(14)21)22-19(27)26-9-7-25(8-10-26)12-18-23-16-3-1-2-4-17(16)24-18/h1-6,11H,7-10,12H2,(H,22,27)(H,23,24). The van der Waals surface area contributed by atoms with Crippen LogP contribution in [0.5, 0.6) is 0 Å². The van der Waals surface area contributed by atoms with Crippen molar-refractivity contribution in [3.8, 4) is 0 Å². The Morgan fingerprint density at radius 1 is 1.07 bits per heavy atom. The third-order valence-corrected chi connectivity index (χ3v) is 5.38. The number of halogens is 2. The molecule has 0 saturated carbocycles. The quantitative estimate of drug-likeness (QED) is 0.687. The summed E-state index contributed by atoms with van der Waals surface area (Å²) >= 11 is 11.9.